The summed E-state index contributed by atoms with van der Waals surface area (Å²) in [6.45, 7) is 3.37. The van der Waals surface area contributed by atoms with Crippen molar-refractivity contribution in [2.45, 2.75) is 38.3 Å². The summed E-state index contributed by atoms with van der Waals surface area (Å²) in [5, 5.41) is 11.9. The molecule has 76 valence electrons. The van der Waals surface area contributed by atoms with Crippen molar-refractivity contribution < 1.29 is 0 Å². The van der Waals surface area contributed by atoms with Crippen molar-refractivity contribution in [3.05, 3.63) is 11.9 Å². The zero-order valence-electron chi connectivity index (χ0n) is 8.48. The SMILES string of the molecule is CC1CCN[C@H]1n1cc(C2CC2)nn1. The molecule has 1 saturated carbocycles. The van der Waals surface area contributed by atoms with Crippen molar-refractivity contribution in [1.82, 2.24) is 20.3 Å². The fourth-order valence-electron chi connectivity index (χ4n) is 2.16. The van der Waals surface area contributed by atoms with Gasteiger partial charge >= 0.3 is 0 Å². The molecule has 4 heteroatoms. The Hall–Kier alpha value is -0.900. The lowest BCUT2D eigenvalue weighted by Crippen LogP contribution is -2.24. The third-order valence-corrected chi connectivity index (χ3v) is 3.30. The Balaban J connectivity index is 1.81. The molecule has 0 bridgehead atoms. The zero-order valence-corrected chi connectivity index (χ0v) is 8.48. The maximum Gasteiger partial charge on any atom is 0.106 e. The van der Waals surface area contributed by atoms with Gasteiger partial charge in [0.15, 0.2) is 0 Å². The van der Waals surface area contributed by atoms with E-state index in [-0.39, 0.29) is 0 Å². The molecule has 14 heavy (non-hydrogen) atoms. The molecule has 2 heterocycles. The summed E-state index contributed by atoms with van der Waals surface area (Å²) >= 11 is 0. The minimum Gasteiger partial charge on any atom is -0.295 e. The molecule has 2 fully saturated rings. The maximum atomic E-state index is 4.23. The molecule has 1 unspecified atom stereocenters. The van der Waals surface area contributed by atoms with E-state index in [4.69, 9.17) is 0 Å². The van der Waals surface area contributed by atoms with Crippen molar-refractivity contribution in [3.63, 3.8) is 0 Å². The van der Waals surface area contributed by atoms with Gasteiger partial charge < -0.3 is 0 Å². The Bertz CT molecular complexity index is 329. The van der Waals surface area contributed by atoms with Gasteiger partial charge in [0.25, 0.3) is 0 Å². The first-order valence-electron chi connectivity index (χ1n) is 5.50. The van der Waals surface area contributed by atoms with E-state index in [1.807, 2.05) is 4.68 Å². The van der Waals surface area contributed by atoms with Crippen LogP contribution in [0.4, 0.5) is 0 Å². The first-order valence-corrected chi connectivity index (χ1v) is 5.50. The summed E-state index contributed by atoms with van der Waals surface area (Å²) in [5.41, 5.74) is 1.19. The van der Waals surface area contributed by atoms with E-state index in [2.05, 4.69) is 28.7 Å². The van der Waals surface area contributed by atoms with Gasteiger partial charge in [0.05, 0.1) is 11.9 Å². The molecule has 1 N–H and O–H groups in total. The summed E-state index contributed by atoms with van der Waals surface area (Å²) in [6.07, 6.45) is 6.33. The summed E-state index contributed by atoms with van der Waals surface area (Å²) in [7, 11) is 0. The van der Waals surface area contributed by atoms with E-state index in [1.54, 1.807) is 0 Å². The third kappa shape index (κ3) is 1.34. The van der Waals surface area contributed by atoms with Gasteiger partial charge in [0.1, 0.15) is 6.17 Å². The molecule has 1 saturated heterocycles. The fourth-order valence-corrected chi connectivity index (χ4v) is 2.16. The van der Waals surface area contributed by atoms with Crippen LogP contribution < -0.4 is 5.32 Å². The Labute approximate surface area is 83.7 Å². The number of rotatable bonds is 2. The van der Waals surface area contributed by atoms with E-state index in [0.717, 1.165) is 6.54 Å². The number of aromatic nitrogens is 3. The highest BCUT2D eigenvalue weighted by atomic mass is 15.5. The number of nitrogens with one attached hydrogen (secondary N) is 1. The second-order valence-corrected chi connectivity index (χ2v) is 4.56. The van der Waals surface area contributed by atoms with Crippen LogP contribution in [0.15, 0.2) is 6.20 Å². The highest BCUT2D eigenvalue weighted by Crippen LogP contribution is 2.39. The number of nitrogens with zero attached hydrogens (tertiary/aromatic N) is 3. The average molecular weight is 192 g/mol. The summed E-state index contributed by atoms with van der Waals surface area (Å²) < 4.78 is 2.01. The van der Waals surface area contributed by atoms with Gasteiger partial charge in [-0.3, -0.25) is 5.32 Å². The van der Waals surface area contributed by atoms with Gasteiger partial charge in [-0.1, -0.05) is 12.1 Å². The fraction of sp³-hybridized carbons (Fsp3) is 0.800. The average Bonchev–Trinajstić information content (AvgIpc) is 2.75. The van der Waals surface area contributed by atoms with Gasteiger partial charge in [-0.05, 0) is 31.7 Å². The van der Waals surface area contributed by atoms with Crippen LogP contribution in [-0.4, -0.2) is 21.5 Å². The molecule has 0 spiro atoms. The van der Waals surface area contributed by atoms with Crippen molar-refractivity contribution >= 4 is 0 Å². The minimum absolute atomic E-state index is 0.370. The van der Waals surface area contributed by atoms with Crippen molar-refractivity contribution in [3.8, 4) is 0 Å². The topological polar surface area (TPSA) is 42.7 Å². The second kappa shape index (κ2) is 3.05. The normalized spacial score (nSPS) is 32.4. The van der Waals surface area contributed by atoms with E-state index in [0.29, 0.717) is 18.0 Å². The lowest BCUT2D eigenvalue weighted by Gasteiger charge is -2.14. The van der Waals surface area contributed by atoms with Crippen LogP contribution in [0.1, 0.15) is 44.0 Å². The molecule has 1 aromatic rings. The first kappa shape index (κ1) is 8.41. The van der Waals surface area contributed by atoms with Gasteiger partial charge in [0.2, 0.25) is 0 Å². The molecule has 0 radical (unpaired) electrons. The molecule has 0 aromatic carbocycles. The van der Waals surface area contributed by atoms with Crippen LogP contribution in [0.3, 0.4) is 0 Å². The largest absolute Gasteiger partial charge is 0.295 e. The quantitative estimate of drug-likeness (QED) is 0.767. The second-order valence-electron chi connectivity index (χ2n) is 4.56. The molecule has 3 rings (SSSR count). The highest BCUT2D eigenvalue weighted by molar-refractivity contribution is 5.09. The van der Waals surface area contributed by atoms with Gasteiger partial charge in [-0.15, -0.1) is 5.10 Å². The molecular weight excluding hydrogens is 176 g/mol. The predicted octanol–water partition coefficient (Wildman–Crippen LogP) is 1.28. The van der Waals surface area contributed by atoms with Gasteiger partial charge in [0, 0.05) is 5.92 Å². The molecule has 1 aromatic heterocycles. The van der Waals surface area contributed by atoms with Crippen LogP contribution in [0.25, 0.3) is 0 Å². The number of hydrogen-bond donors (Lipinski definition) is 1. The van der Waals surface area contributed by atoms with E-state index >= 15 is 0 Å². The van der Waals surface area contributed by atoms with Crippen molar-refractivity contribution in [2.75, 3.05) is 6.54 Å². The first-order chi connectivity index (χ1) is 6.84. The minimum atomic E-state index is 0.370. The summed E-state index contributed by atoms with van der Waals surface area (Å²) in [6, 6.07) is 0. The van der Waals surface area contributed by atoms with Crippen LogP contribution >= 0.6 is 0 Å². The van der Waals surface area contributed by atoms with Gasteiger partial charge in [-0.25, -0.2) is 4.68 Å². The molecule has 2 atom stereocenters. The monoisotopic (exact) mass is 192 g/mol. The third-order valence-electron chi connectivity index (χ3n) is 3.30. The Kier molecular flexibility index (Phi) is 1.83. The molecule has 4 nitrogen and oxygen atoms in total. The zero-order chi connectivity index (χ0) is 9.54. The lowest BCUT2D eigenvalue weighted by atomic mass is 10.1. The molecule has 1 aliphatic heterocycles. The highest BCUT2D eigenvalue weighted by Gasteiger charge is 2.29. The van der Waals surface area contributed by atoms with E-state index < -0.39 is 0 Å². The molecule has 2 aliphatic rings. The summed E-state index contributed by atoms with van der Waals surface area (Å²) in [5.74, 6) is 1.38. The van der Waals surface area contributed by atoms with Crippen LogP contribution in [0.5, 0.6) is 0 Å². The van der Waals surface area contributed by atoms with E-state index in [9.17, 15) is 0 Å². The van der Waals surface area contributed by atoms with Crippen LogP contribution in [0, 0.1) is 5.92 Å². The number of hydrogen-bond acceptors (Lipinski definition) is 3. The van der Waals surface area contributed by atoms with Crippen LogP contribution in [-0.2, 0) is 0 Å². The molecular formula is C10H16N4. The standard InChI is InChI=1S/C10H16N4/c1-7-4-5-11-10(7)14-6-9(12-13-14)8-2-3-8/h6-8,10-11H,2-5H2,1H3/t7?,10-/m0/s1. The van der Waals surface area contributed by atoms with Crippen molar-refractivity contribution in [1.29, 1.82) is 0 Å². The predicted molar refractivity (Wildman–Crippen MR) is 52.8 cm³/mol. The Morgan fingerprint density at radius 1 is 1.43 bits per heavy atom. The Morgan fingerprint density at radius 3 is 2.93 bits per heavy atom. The van der Waals surface area contributed by atoms with Crippen LogP contribution in [0.2, 0.25) is 0 Å². The smallest absolute Gasteiger partial charge is 0.106 e. The molecule has 1 aliphatic carbocycles. The molecule has 0 amide bonds. The van der Waals surface area contributed by atoms with Gasteiger partial charge in [-0.2, -0.15) is 0 Å². The van der Waals surface area contributed by atoms with Crippen molar-refractivity contribution in [2.24, 2.45) is 5.92 Å². The van der Waals surface area contributed by atoms with E-state index in [1.165, 1.54) is 25.0 Å². The Morgan fingerprint density at radius 2 is 2.29 bits per heavy atom. The lowest BCUT2D eigenvalue weighted by molar-refractivity contribution is 0.337. The maximum absolute atomic E-state index is 4.23. The summed E-state index contributed by atoms with van der Waals surface area (Å²) in [4.78, 5) is 0.